The Balaban J connectivity index is 2.11. The molecule has 0 aliphatic heterocycles. The minimum atomic E-state index is -2.37. The second-order valence-electron chi connectivity index (χ2n) is 3.24. The molecule has 0 N–H and O–H groups in total. The van der Waals surface area contributed by atoms with E-state index in [0.29, 0.717) is 0 Å². The molecule has 82 valence electrons. The standard InChI is InChI=1S/C12H9BF2I/c14-13(15)10-6-8-12(9-7-10)16-11-4-2-1-3-5-11/h1-9H/q-1. The molecule has 0 saturated heterocycles. The van der Waals surface area contributed by atoms with Gasteiger partial charge in [-0.3, -0.25) is 0 Å². The van der Waals surface area contributed by atoms with Crippen LogP contribution in [-0.2, 0) is 0 Å². The Morgan fingerprint density at radius 2 is 1.31 bits per heavy atom. The van der Waals surface area contributed by atoms with Gasteiger partial charge in [-0.1, -0.05) is 0 Å². The molecule has 0 aliphatic carbocycles. The topological polar surface area (TPSA) is 0 Å². The van der Waals surface area contributed by atoms with Crippen molar-refractivity contribution in [3.63, 3.8) is 0 Å². The molecule has 0 heterocycles. The fourth-order valence-electron chi connectivity index (χ4n) is 1.27. The Morgan fingerprint density at radius 1 is 0.750 bits per heavy atom. The molecule has 0 saturated carbocycles. The Labute approximate surface area is 104 Å². The third-order valence-electron chi connectivity index (χ3n) is 2.07. The first-order valence-electron chi connectivity index (χ1n) is 4.84. The van der Waals surface area contributed by atoms with Crippen molar-refractivity contribution in [1.29, 1.82) is 0 Å². The summed E-state index contributed by atoms with van der Waals surface area (Å²) in [5.41, 5.74) is 0.0980. The van der Waals surface area contributed by atoms with Gasteiger partial charge in [-0.25, -0.2) is 0 Å². The molecule has 4 heteroatoms. The van der Waals surface area contributed by atoms with Crippen molar-refractivity contribution in [2.75, 3.05) is 0 Å². The molecular formula is C12H9BF2I-. The zero-order valence-electron chi connectivity index (χ0n) is 8.41. The van der Waals surface area contributed by atoms with Gasteiger partial charge in [0, 0.05) is 0 Å². The van der Waals surface area contributed by atoms with E-state index < -0.39 is 7.27 Å². The maximum absolute atomic E-state index is 12.3. The zero-order chi connectivity index (χ0) is 11.4. The van der Waals surface area contributed by atoms with Gasteiger partial charge in [0.15, 0.2) is 0 Å². The second-order valence-corrected chi connectivity index (χ2v) is 6.27. The molecule has 2 aromatic carbocycles. The summed E-state index contributed by atoms with van der Waals surface area (Å²) in [7, 11) is -2.37. The molecule has 0 aromatic heterocycles. The molecule has 0 spiro atoms. The summed E-state index contributed by atoms with van der Waals surface area (Å²) in [5, 5.41) is 0. The molecule has 0 bridgehead atoms. The fraction of sp³-hybridized carbons (Fsp3) is 0. The molecule has 2 rings (SSSR count). The molecule has 0 atom stereocenters. The number of halogens is 3. The van der Waals surface area contributed by atoms with Crippen LogP contribution in [0.2, 0.25) is 0 Å². The first kappa shape index (κ1) is 11.6. The Morgan fingerprint density at radius 3 is 1.88 bits per heavy atom. The van der Waals surface area contributed by atoms with E-state index in [0.717, 1.165) is 3.57 Å². The van der Waals surface area contributed by atoms with E-state index >= 15 is 0 Å². The van der Waals surface area contributed by atoms with Crippen molar-refractivity contribution >= 4 is 12.7 Å². The first-order chi connectivity index (χ1) is 7.75. The number of hydrogen-bond donors (Lipinski definition) is 0. The van der Waals surface area contributed by atoms with E-state index in [4.69, 9.17) is 0 Å². The van der Waals surface area contributed by atoms with Gasteiger partial charge in [0.25, 0.3) is 0 Å². The summed E-state index contributed by atoms with van der Waals surface area (Å²) in [6.45, 7) is 0. The third-order valence-corrected chi connectivity index (χ3v) is 4.76. The SMILES string of the molecule is FB(F)c1ccc([I-]c2ccccc2)cc1. The summed E-state index contributed by atoms with van der Waals surface area (Å²) >= 11 is -0.249. The second kappa shape index (κ2) is 5.43. The van der Waals surface area contributed by atoms with Gasteiger partial charge in [-0.15, -0.1) is 0 Å². The summed E-state index contributed by atoms with van der Waals surface area (Å²) in [6.07, 6.45) is 0. The van der Waals surface area contributed by atoms with Crippen LogP contribution in [0.4, 0.5) is 8.63 Å². The molecule has 0 fully saturated rings. The van der Waals surface area contributed by atoms with Crippen LogP contribution < -0.4 is 26.7 Å². The van der Waals surface area contributed by atoms with Crippen molar-refractivity contribution < 1.29 is 29.8 Å². The van der Waals surface area contributed by atoms with Crippen molar-refractivity contribution in [2.24, 2.45) is 0 Å². The first-order valence-corrected chi connectivity index (χ1v) is 6.99. The van der Waals surface area contributed by atoms with E-state index in [1.54, 1.807) is 0 Å². The van der Waals surface area contributed by atoms with E-state index in [-0.39, 0.29) is 26.7 Å². The van der Waals surface area contributed by atoms with Crippen molar-refractivity contribution in [2.45, 2.75) is 0 Å². The Bertz CT molecular complexity index is 442. The average Bonchev–Trinajstić information content (AvgIpc) is 2.31. The van der Waals surface area contributed by atoms with E-state index in [1.807, 2.05) is 30.3 Å². The van der Waals surface area contributed by atoms with Crippen LogP contribution in [0.1, 0.15) is 0 Å². The van der Waals surface area contributed by atoms with Crippen LogP contribution in [0, 0.1) is 7.14 Å². The van der Waals surface area contributed by atoms with Gasteiger partial charge in [-0.2, -0.15) is 0 Å². The van der Waals surface area contributed by atoms with Crippen molar-refractivity contribution in [1.82, 2.24) is 0 Å². The zero-order valence-corrected chi connectivity index (χ0v) is 10.6. The quantitative estimate of drug-likeness (QED) is 0.524. The molecule has 0 amide bonds. The van der Waals surface area contributed by atoms with E-state index in [9.17, 15) is 8.63 Å². The van der Waals surface area contributed by atoms with Gasteiger partial charge in [0.05, 0.1) is 0 Å². The molecule has 2 aromatic rings. The fourth-order valence-corrected chi connectivity index (χ4v) is 3.49. The summed E-state index contributed by atoms with van der Waals surface area (Å²) in [4.78, 5) is 0. The molecular weight excluding hydrogens is 320 g/mol. The number of benzene rings is 2. The minimum absolute atomic E-state index is 0.0980. The summed E-state index contributed by atoms with van der Waals surface area (Å²) in [6, 6.07) is 16.8. The molecule has 0 nitrogen and oxygen atoms in total. The van der Waals surface area contributed by atoms with Crippen LogP contribution >= 0.6 is 0 Å². The third kappa shape index (κ3) is 3.04. The maximum atomic E-state index is 12.3. The van der Waals surface area contributed by atoms with Gasteiger partial charge >= 0.3 is 104 Å². The average molecular weight is 329 g/mol. The predicted octanol–water partition coefficient (Wildman–Crippen LogP) is -0.551. The molecule has 0 aliphatic rings. The van der Waals surface area contributed by atoms with Crippen LogP contribution in [0.15, 0.2) is 54.6 Å². The van der Waals surface area contributed by atoms with Crippen LogP contribution in [0.3, 0.4) is 0 Å². The molecule has 16 heavy (non-hydrogen) atoms. The van der Waals surface area contributed by atoms with Crippen LogP contribution in [0.5, 0.6) is 0 Å². The van der Waals surface area contributed by atoms with Gasteiger partial charge in [0.2, 0.25) is 0 Å². The molecule has 0 radical (unpaired) electrons. The van der Waals surface area contributed by atoms with Gasteiger partial charge in [-0.05, 0) is 0 Å². The Hall–Kier alpha value is -0.905. The number of rotatable bonds is 3. The summed E-state index contributed by atoms with van der Waals surface area (Å²) < 4.78 is 27.1. The summed E-state index contributed by atoms with van der Waals surface area (Å²) in [5.74, 6) is 0. The predicted molar refractivity (Wildman–Crippen MR) is 57.9 cm³/mol. The van der Waals surface area contributed by atoms with Crippen molar-refractivity contribution in [3.8, 4) is 0 Å². The monoisotopic (exact) mass is 329 g/mol. The van der Waals surface area contributed by atoms with Crippen LogP contribution in [-0.4, -0.2) is 7.27 Å². The van der Waals surface area contributed by atoms with E-state index in [2.05, 4.69) is 12.1 Å². The number of hydrogen-bond acceptors (Lipinski definition) is 0. The normalized spacial score (nSPS) is 10.4. The van der Waals surface area contributed by atoms with E-state index in [1.165, 1.54) is 15.7 Å². The molecule has 0 unspecified atom stereocenters. The Kier molecular flexibility index (Phi) is 3.93. The van der Waals surface area contributed by atoms with Gasteiger partial charge < -0.3 is 0 Å². The van der Waals surface area contributed by atoms with Crippen LogP contribution in [0.25, 0.3) is 0 Å². The van der Waals surface area contributed by atoms with Crippen molar-refractivity contribution in [3.05, 3.63) is 61.7 Å². The van der Waals surface area contributed by atoms with Gasteiger partial charge in [0.1, 0.15) is 0 Å².